The van der Waals surface area contributed by atoms with Crippen molar-refractivity contribution in [3.63, 3.8) is 0 Å². The van der Waals surface area contributed by atoms with E-state index in [0.29, 0.717) is 5.69 Å². The van der Waals surface area contributed by atoms with Crippen LogP contribution in [0.3, 0.4) is 0 Å². The molecular weight excluding hydrogens is 328 g/mol. The molecule has 0 aliphatic rings. The van der Waals surface area contributed by atoms with Gasteiger partial charge in [-0.1, -0.05) is 18.2 Å². The van der Waals surface area contributed by atoms with Crippen LogP contribution in [0.25, 0.3) is 10.9 Å². The lowest BCUT2D eigenvalue weighted by atomic mass is 10.1. The number of nitrogens with one attached hydrogen (secondary N) is 1. The van der Waals surface area contributed by atoms with E-state index in [2.05, 4.69) is 26.2 Å². The molecule has 0 amide bonds. The van der Waals surface area contributed by atoms with E-state index >= 15 is 0 Å². The number of fused-ring (bicyclic) bond motifs is 1. The number of phenolic OH excluding ortho intramolecular Hbond substituents is 1. The van der Waals surface area contributed by atoms with E-state index in [-0.39, 0.29) is 5.75 Å². The third-order valence-corrected chi connectivity index (χ3v) is 3.98. The fourth-order valence-electron chi connectivity index (χ4n) is 2.34. The van der Waals surface area contributed by atoms with Crippen molar-refractivity contribution >= 4 is 38.2 Å². The number of rotatable bonds is 2. The van der Waals surface area contributed by atoms with E-state index in [0.717, 1.165) is 32.3 Å². The monoisotopic (exact) mass is 342 g/mol. The average Bonchev–Trinajstić information content (AvgIpc) is 2.44. The Hall–Kier alpha value is -2.07. The van der Waals surface area contributed by atoms with Gasteiger partial charge in [0.1, 0.15) is 5.75 Å². The predicted molar refractivity (Wildman–Crippen MR) is 90.3 cm³/mol. The number of phenols is 1. The lowest BCUT2D eigenvalue weighted by Gasteiger charge is -2.13. The zero-order valence-corrected chi connectivity index (χ0v) is 13.4. The molecule has 3 aromatic rings. The van der Waals surface area contributed by atoms with Gasteiger partial charge in [0, 0.05) is 21.2 Å². The summed E-state index contributed by atoms with van der Waals surface area (Å²) in [5.74, 6) is 0.234. The van der Waals surface area contributed by atoms with Gasteiger partial charge in [-0.25, -0.2) is 0 Å². The summed E-state index contributed by atoms with van der Waals surface area (Å²) in [7, 11) is 0. The molecule has 0 saturated heterocycles. The highest BCUT2D eigenvalue weighted by molar-refractivity contribution is 9.10. The van der Waals surface area contributed by atoms with Crippen LogP contribution < -0.4 is 5.32 Å². The van der Waals surface area contributed by atoms with Gasteiger partial charge in [0.25, 0.3) is 0 Å². The van der Waals surface area contributed by atoms with Crippen molar-refractivity contribution in [2.45, 2.75) is 13.8 Å². The number of anilines is 2. The number of aromatic nitrogens is 1. The molecule has 0 atom stereocenters. The van der Waals surface area contributed by atoms with E-state index in [1.807, 2.05) is 50.2 Å². The summed E-state index contributed by atoms with van der Waals surface area (Å²) >= 11 is 3.54. The summed E-state index contributed by atoms with van der Waals surface area (Å²) in [6, 6.07) is 13.5. The first-order valence-corrected chi connectivity index (χ1v) is 7.46. The molecule has 0 unspecified atom stereocenters. The summed E-state index contributed by atoms with van der Waals surface area (Å²) in [4.78, 5) is 4.57. The van der Waals surface area contributed by atoms with Crippen LogP contribution in [-0.2, 0) is 0 Å². The minimum absolute atomic E-state index is 0.234. The number of nitrogens with zero attached hydrogens (tertiary/aromatic N) is 1. The molecule has 106 valence electrons. The summed E-state index contributed by atoms with van der Waals surface area (Å²) in [5.41, 5.74) is 4.55. The summed E-state index contributed by atoms with van der Waals surface area (Å²) in [6.45, 7) is 3.96. The van der Waals surface area contributed by atoms with E-state index < -0.39 is 0 Å². The lowest BCUT2D eigenvalue weighted by Crippen LogP contribution is -1.96. The Balaban J connectivity index is 2.16. The van der Waals surface area contributed by atoms with Gasteiger partial charge >= 0.3 is 0 Å². The van der Waals surface area contributed by atoms with Crippen molar-refractivity contribution in [2.24, 2.45) is 0 Å². The maximum atomic E-state index is 10.0. The molecule has 0 fully saturated rings. The summed E-state index contributed by atoms with van der Waals surface area (Å²) < 4.78 is 0.959. The minimum atomic E-state index is 0.234. The number of hydrogen-bond donors (Lipinski definition) is 2. The Bertz CT molecular complexity index is 830. The first-order valence-electron chi connectivity index (χ1n) is 6.67. The normalized spacial score (nSPS) is 10.8. The molecule has 0 radical (unpaired) electrons. The van der Waals surface area contributed by atoms with E-state index in [1.165, 1.54) is 0 Å². The second-order valence-electron chi connectivity index (χ2n) is 5.09. The fraction of sp³-hybridized carbons (Fsp3) is 0.118. The molecule has 1 aromatic heterocycles. The Labute approximate surface area is 131 Å². The smallest absolute Gasteiger partial charge is 0.139 e. The van der Waals surface area contributed by atoms with Crippen molar-refractivity contribution in [3.05, 3.63) is 58.2 Å². The number of pyridine rings is 1. The van der Waals surface area contributed by atoms with Crippen molar-refractivity contribution in [3.8, 4) is 5.75 Å². The standard InChI is InChI=1S/C17H15BrN2O/c1-10-6-7-16(21)15(8-10)20-14-9-11(2)19-17-12(14)4-3-5-13(17)18/h3-9,21H,1-2H3,(H,19,20). The first kappa shape index (κ1) is 13.9. The van der Waals surface area contributed by atoms with Gasteiger partial charge in [-0.05, 0) is 59.6 Å². The summed E-state index contributed by atoms with van der Waals surface area (Å²) in [5, 5.41) is 14.3. The van der Waals surface area contributed by atoms with Crippen LogP contribution in [-0.4, -0.2) is 10.1 Å². The molecule has 4 heteroatoms. The van der Waals surface area contributed by atoms with Gasteiger partial charge in [0.05, 0.1) is 11.2 Å². The molecule has 0 spiro atoms. The number of hydrogen-bond acceptors (Lipinski definition) is 3. The average molecular weight is 343 g/mol. The highest BCUT2D eigenvalue weighted by Crippen LogP contribution is 2.33. The topological polar surface area (TPSA) is 45.1 Å². The highest BCUT2D eigenvalue weighted by Gasteiger charge is 2.09. The van der Waals surface area contributed by atoms with Gasteiger partial charge in [-0.15, -0.1) is 0 Å². The van der Waals surface area contributed by atoms with Crippen LogP contribution in [0.4, 0.5) is 11.4 Å². The molecule has 0 bridgehead atoms. The zero-order valence-electron chi connectivity index (χ0n) is 11.8. The summed E-state index contributed by atoms with van der Waals surface area (Å²) in [6.07, 6.45) is 0. The van der Waals surface area contributed by atoms with Crippen molar-refractivity contribution in [2.75, 3.05) is 5.32 Å². The largest absolute Gasteiger partial charge is 0.506 e. The molecule has 0 saturated carbocycles. The number of aromatic hydroxyl groups is 1. The van der Waals surface area contributed by atoms with E-state index in [4.69, 9.17) is 0 Å². The Morgan fingerprint density at radius 2 is 1.86 bits per heavy atom. The number of para-hydroxylation sites is 1. The Kier molecular flexibility index (Phi) is 3.55. The quantitative estimate of drug-likeness (QED) is 0.639. The van der Waals surface area contributed by atoms with E-state index in [1.54, 1.807) is 6.07 Å². The molecule has 1 heterocycles. The van der Waals surface area contributed by atoms with Crippen molar-refractivity contribution in [1.29, 1.82) is 0 Å². The van der Waals surface area contributed by atoms with Gasteiger partial charge < -0.3 is 10.4 Å². The second-order valence-corrected chi connectivity index (χ2v) is 5.95. The van der Waals surface area contributed by atoms with Crippen LogP contribution in [0.1, 0.15) is 11.3 Å². The lowest BCUT2D eigenvalue weighted by molar-refractivity contribution is 0.477. The van der Waals surface area contributed by atoms with Crippen LogP contribution in [0.2, 0.25) is 0 Å². The fourth-order valence-corrected chi connectivity index (χ4v) is 2.79. The highest BCUT2D eigenvalue weighted by atomic mass is 79.9. The Morgan fingerprint density at radius 1 is 1.05 bits per heavy atom. The van der Waals surface area contributed by atoms with Gasteiger partial charge in [-0.2, -0.15) is 0 Å². The van der Waals surface area contributed by atoms with Crippen molar-refractivity contribution < 1.29 is 5.11 Å². The molecule has 2 N–H and O–H groups in total. The van der Waals surface area contributed by atoms with Crippen LogP contribution in [0, 0.1) is 13.8 Å². The Morgan fingerprint density at radius 3 is 2.67 bits per heavy atom. The molecular formula is C17H15BrN2O. The number of benzene rings is 2. The van der Waals surface area contributed by atoms with Crippen molar-refractivity contribution in [1.82, 2.24) is 4.98 Å². The molecule has 3 nitrogen and oxygen atoms in total. The number of aryl methyl sites for hydroxylation is 2. The maximum Gasteiger partial charge on any atom is 0.139 e. The van der Waals surface area contributed by atoms with E-state index in [9.17, 15) is 5.11 Å². The van der Waals surface area contributed by atoms with Crippen LogP contribution >= 0.6 is 15.9 Å². The minimum Gasteiger partial charge on any atom is -0.506 e. The zero-order chi connectivity index (χ0) is 15.0. The van der Waals surface area contributed by atoms with Gasteiger partial charge in [-0.3, -0.25) is 4.98 Å². The number of halogens is 1. The maximum absolute atomic E-state index is 10.0. The molecule has 2 aromatic carbocycles. The van der Waals surface area contributed by atoms with Crippen LogP contribution in [0.15, 0.2) is 46.9 Å². The third-order valence-electron chi connectivity index (χ3n) is 3.34. The predicted octanol–water partition coefficient (Wildman–Crippen LogP) is 5.06. The van der Waals surface area contributed by atoms with Crippen LogP contribution in [0.5, 0.6) is 5.75 Å². The second kappa shape index (κ2) is 5.37. The van der Waals surface area contributed by atoms with Gasteiger partial charge in [0.15, 0.2) is 0 Å². The first-order chi connectivity index (χ1) is 10.0. The third kappa shape index (κ3) is 2.72. The molecule has 21 heavy (non-hydrogen) atoms. The van der Waals surface area contributed by atoms with Gasteiger partial charge in [0.2, 0.25) is 0 Å². The SMILES string of the molecule is Cc1ccc(O)c(Nc2cc(C)nc3c(Br)cccc23)c1. The molecule has 0 aliphatic carbocycles. The molecule has 0 aliphatic heterocycles. The molecule has 3 rings (SSSR count).